The number of hydrogen-bond acceptors (Lipinski definition) is 6. The van der Waals surface area contributed by atoms with Gasteiger partial charge in [-0.05, 0) is 26.0 Å². The van der Waals surface area contributed by atoms with Crippen molar-refractivity contribution in [2.75, 3.05) is 6.61 Å². The number of ether oxygens (including phenoxy) is 1. The van der Waals surface area contributed by atoms with Crippen molar-refractivity contribution in [3.05, 3.63) is 39.8 Å². The van der Waals surface area contributed by atoms with E-state index >= 15 is 0 Å². The van der Waals surface area contributed by atoms with Crippen LogP contribution in [0.4, 0.5) is 0 Å². The van der Waals surface area contributed by atoms with Crippen molar-refractivity contribution in [1.82, 2.24) is 10.4 Å². The zero-order valence-electron chi connectivity index (χ0n) is 12.4. The van der Waals surface area contributed by atoms with Gasteiger partial charge in [0, 0.05) is 16.6 Å². The summed E-state index contributed by atoms with van der Waals surface area (Å²) in [7, 11) is 0. The van der Waals surface area contributed by atoms with Crippen LogP contribution in [0.5, 0.6) is 11.5 Å². The first-order valence-electron chi connectivity index (χ1n) is 6.77. The van der Waals surface area contributed by atoms with Gasteiger partial charge in [0.15, 0.2) is 11.5 Å². The number of benzene rings is 1. The molecule has 0 aliphatic carbocycles. The molecule has 0 radical (unpaired) electrons. The third kappa shape index (κ3) is 4.29. The van der Waals surface area contributed by atoms with Crippen molar-refractivity contribution in [2.45, 2.75) is 20.3 Å². The van der Waals surface area contributed by atoms with Gasteiger partial charge in [-0.1, -0.05) is 6.07 Å². The summed E-state index contributed by atoms with van der Waals surface area (Å²) in [6.45, 7) is 4.17. The Morgan fingerprint density at radius 3 is 3.05 bits per heavy atom. The van der Waals surface area contributed by atoms with Gasteiger partial charge in [0.2, 0.25) is 5.91 Å². The highest BCUT2D eigenvalue weighted by Crippen LogP contribution is 2.28. The van der Waals surface area contributed by atoms with Gasteiger partial charge in [-0.25, -0.2) is 10.4 Å². The fourth-order valence-corrected chi connectivity index (χ4v) is 2.52. The second-order valence-electron chi connectivity index (χ2n) is 4.48. The molecule has 0 saturated heterocycles. The number of aromatic nitrogens is 1. The van der Waals surface area contributed by atoms with E-state index in [0.29, 0.717) is 17.9 Å². The van der Waals surface area contributed by atoms with Crippen LogP contribution in [0.25, 0.3) is 0 Å². The summed E-state index contributed by atoms with van der Waals surface area (Å²) in [5, 5.41) is 16.5. The van der Waals surface area contributed by atoms with E-state index in [1.54, 1.807) is 18.2 Å². The fourth-order valence-electron chi connectivity index (χ4n) is 1.75. The lowest BCUT2D eigenvalue weighted by Crippen LogP contribution is -2.19. The number of aromatic hydroxyl groups is 1. The number of carbonyl (C=O) groups excluding carboxylic acids is 1. The zero-order chi connectivity index (χ0) is 15.9. The molecule has 1 aromatic carbocycles. The first kappa shape index (κ1) is 16.0. The van der Waals surface area contributed by atoms with Crippen molar-refractivity contribution >= 4 is 23.5 Å². The van der Waals surface area contributed by atoms with Crippen LogP contribution in [0, 0.1) is 6.92 Å². The zero-order valence-corrected chi connectivity index (χ0v) is 13.2. The molecule has 1 heterocycles. The maximum absolute atomic E-state index is 11.7. The van der Waals surface area contributed by atoms with Gasteiger partial charge in [-0.3, -0.25) is 4.79 Å². The molecule has 2 N–H and O–H groups in total. The summed E-state index contributed by atoms with van der Waals surface area (Å²) in [5.74, 6) is 0.125. The fraction of sp³-hybridized carbons (Fsp3) is 0.267. The third-order valence-electron chi connectivity index (χ3n) is 2.70. The molecule has 0 fully saturated rings. The first-order chi connectivity index (χ1) is 10.6. The van der Waals surface area contributed by atoms with Crippen LogP contribution in [0.15, 0.2) is 28.7 Å². The minimum Gasteiger partial charge on any atom is -0.504 e. The molecule has 2 aromatic rings. The van der Waals surface area contributed by atoms with Crippen molar-refractivity contribution in [3.8, 4) is 11.5 Å². The first-order valence-corrected chi connectivity index (χ1v) is 7.65. The Bertz CT molecular complexity index is 682. The van der Waals surface area contributed by atoms with E-state index in [2.05, 4.69) is 15.5 Å². The molecule has 6 nitrogen and oxygen atoms in total. The molecule has 0 bridgehead atoms. The number of phenolic OH excluding ortho intramolecular Hbond substituents is 1. The monoisotopic (exact) mass is 319 g/mol. The number of aryl methyl sites for hydroxylation is 1. The maximum Gasteiger partial charge on any atom is 0.246 e. The summed E-state index contributed by atoms with van der Waals surface area (Å²) < 4.78 is 5.28. The number of nitrogens with zero attached hydrogens (tertiary/aromatic N) is 2. The number of thiazole rings is 1. The summed E-state index contributed by atoms with van der Waals surface area (Å²) >= 11 is 1.44. The second-order valence-corrected chi connectivity index (χ2v) is 5.42. The van der Waals surface area contributed by atoms with E-state index in [-0.39, 0.29) is 18.1 Å². The average Bonchev–Trinajstić information content (AvgIpc) is 2.88. The minimum absolute atomic E-state index is 0.00195. The van der Waals surface area contributed by atoms with Crippen LogP contribution in [0.3, 0.4) is 0 Å². The Balaban J connectivity index is 1.94. The van der Waals surface area contributed by atoms with Crippen LogP contribution >= 0.6 is 11.3 Å². The molecule has 2 rings (SSSR count). The Kier molecular flexibility index (Phi) is 5.48. The molecular weight excluding hydrogens is 302 g/mol. The van der Waals surface area contributed by atoms with Crippen molar-refractivity contribution in [3.63, 3.8) is 0 Å². The topological polar surface area (TPSA) is 83.8 Å². The van der Waals surface area contributed by atoms with E-state index in [1.165, 1.54) is 17.6 Å². The van der Waals surface area contributed by atoms with E-state index in [4.69, 9.17) is 4.74 Å². The third-order valence-corrected chi connectivity index (χ3v) is 3.67. The molecule has 0 atom stereocenters. The summed E-state index contributed by atoms with van der Waals surface area (Å²) in [4.78, 5) is 15.9. The smallest absolute Gasteiger partial charge is 0.246 e. The summed E-state index contributed by atoms with van der Waals surface area (Å²) in [5.41, 5.74) is 3.78. The molecule has 0 aliphatic heterocycles. The Labute approximate surface area is 132 Å². The van der Waals surface area contributed by atoms with E-state index < -0.39 is 0 Å². The van der Waals surface area contributed by atoms with Gasteiger partial charge in [0.1, 0.15) is 5.01 Å². The quantitative estimate of drug-likeness (QED) is 0.632. The van der Waals surface area contributed by atoms with Crippen LogP contribution in [-0.4, -0.2) is 28.8 Å². The number of hydrogen-bond donors (Lipinski definition) is 2. The van der Waals surface area contributed by atoms with Gasteiger partial charge in [-0.15, -0.1) is 11.3 Å². The Hall–Kier alpha value is -2.41. The van der Waals surface area contributed by atoms with Crippen LogP contribution in [0.2, 0.25) is 0 Å². The number of hydrazone groups is 1. The largest absolute Gasteiger partial charge is 0.504 e. The van der Waals surface area contributed by atoms with Gasteiger partial charge in [0.25, 0.3) is 0 Å². The van der Waals surface area contributed by atoms with Crippen molar-refractivity contribution in [1.29, 1.82) is 0 Å². The molecule has 22 heavy (non-hydrogen) atoms. The SMILES string of the molecule is CCOc1cccc(/C=N/NC(=O)Cc2nc(C)cs2)c1O. The van der Waals surface area contributed by atoms with Gasteiger partial charge >= 0.3 is 0 Å². The van der Waals surface area contributed by atoms with Crippen molar-refractivity contribution < 1.29 is 14.6 Å². The number of nitrogens with one attached hydrogen (secondary N) is 1. The number of rotatable bonds is 6. The summed E-state index contributed by atoms with van der Waals surface area (Å²) in [6.07, 6.45) is 1.56. The molecule has 0 unspecified atom stereocenters. The molecule has 1 amide bonds. The van der Waals surface area contributed by atoms with E-state index in [9.17, 15) is 9.90 Å². The number of amides is 1. The van der Waals surface area contributed by atoms with Gasteiger partial charge in [0.05, 0.1) is 19.2 Å². The summed E-state index contributed by atoms with van der Waals surface area (Å²) in [6, 6.07) is 5.09. The number of para-hydroxylation sites is 1. The maximum atomic E-state index is 11.7. The second kappa shape index (κ2) is 7.56. The van der Waals surface area contributed by atoms with Crippen LogP contribution < -0.4 is 10.2 Å². The molecule has 7 heteroatoms. The lowest BCUT2D eigenvalue weighted by molar-refractivity contribution is -0.120. The van der Waals surface area contributed by atoms with E-state index in [1.807, 2.05) is 19.2 Å². The predicted octanol–water partition coefficient (Wildman–Crippen LogP) is 2.25. The average molecular weight is 319 g/mol. The number of carbonyl (C=O) groups is 1. The molecular formula is C15H17N3O3S. The normalized spacial score (nSPS) is 10.8. The molecule has 0 aliphatic rings. The lowest BCUT2D eigenvalue weighted by atomic mass is 10.2. The van der Waals surface area contributed by atoms with Gasteiger partial charge in [-0.2, -0.15) is 5.10 Å². The molecule has 116 valence electrons. The minimum atomic E-state index is -0.258. The highest BCUT2D eigenvalue weighted by atomic mass is 32.1. The molecule has 0 saturated carbocycles. The van der Waals surface area contributed by atoms with Gasteiger partial charge < -0.3 is 9.84 Å². The van der Waals surface area contributed by atoms with Crippen LogP contribution in [-0.2, 0) is 11.2 Å². The number of phenols is 1. The molecule has 1 aromatic heterocycles. The highest BCUT2D eigenvalue weighted by molar-refractivity contribution is 7.09. The Morgan fingerprint density at radius 1 is 1.55 bits per heavy atom. The standard InChI is InChI=1S/C15H17N3O3S/c1-3-21-12-6-4-5-11(15(12)20)8-16-18-13(19)7-14-17-10(2)9-22-14/h4-6,8-9,20H,3,7H2,1-2H3,(H,18,19)/b16-8+. The van der Waals surface area contributed by atoms with E-state index in [0.717, 1.165) is 10.7 Å². The van der Waals surface area contributed by atoms with Crippen molar-refractivity contribution in [2.24, 2.45) is 5.10 Å². The molecule has 0 spiro atoms. The Morgan fingerprint density at radius 2 is 2.36 bits per heavy atom. The highest BCUT2D eigenvalue weighted by Gasteiger charge is 2.07. The lowest BCUT2D eigenvalue weighted by Gasteiger charge is -2.07. The van der Waals surface area contributed by atoms with Crippen LogP contribution in [0.1, 0.15) is 23.2 Å². The predicted molar refractivity (Wildman–Crippen MR) is 85.6 cm³/mol.